The second-order valence-electron chi connectivity index (χ2n) is 6.40. The van der Waals surface area contributed by atoms with E-state index in [1.54, 1.807) is 26.8 Å². The van der Waals surface area contributed by atoms with Gasteiger partial charge in [-0.05, 0) is 19.4 Å². The highest BCUT2D eigenvalue weighted by atomic mass is 16.7. The Balaban J connectivity index is 2.52. The van der Waals surface area contributed by atoms with E-state index < -0.39 is 35.5 Å². The van der Waals surface area contributed by atoms with Crippen molar-refractivity contribution >= 4 is 23.6 Å². The molecule has 0 spiro atoms. The molecule has 160 valence electrons. The summed E-state index contributed by atoms with van der Waals surface area (Å²) in [5.74, 6) is -3.06. The molecule has 10 heteroatoms. The lowest BCUT2D eigenvalue weighted by atomic mass is 9.80. The van der Waals surface area contributed by atoms with E-state index in [4.69, 9.17) is 14.2 Å². The molecule has 0 unspecified atom stereocenters. The third-order valence-corrected chi connectivity index (χ3v) is 4.50. The monoisotopic (exact) mass is 418 g/mol. The lowest BCUT2D eigenvalue weighted by Crippen LogP contribution is -2.32. The van der Waals surface area contributed by atoms with Crippen LogP contribution in [0.1, 0.15) is 38.7 Å². The number of nitrogens with one attached hydrogen (secondary N) is 1. The first kappa shape index (κ1) is 22.6. The van der Waals surface area contributed by atoms with Crippen LogP contribution in [-0.2, 0) is 28.6 Å². The Morgan fingerprint density at radius 3 is 2.30 bits per heavy atom. The first-order chi connectivity index (χ1) is 14.2. The number of methoxy groups -OCH3 is 1. The molecule has 0 saturated carbocycles. The predicted molar refractivity (Wildman–Crippen MR) is 104 cm³/mol. The van der Waals surface area contributed by atoms with Crippen molar-refractivity contribution in [1.82, 2.24) is 5.32 Å². The Morgan fingerprint density at radius 1 is 1.10 bits per heavy atom. The summed E-state index contributed by atoms with van der Waals surface area (Å²) in [6.07, 6.45) is 0.117. The molecule has 0 radical (unpaired) electrons. The fraction of sp³-hybridized carbons (Fsp3) is 0.350. The Morgan fingerprint density at radius 2 is 1.73 bits per heavy atom. The maximum absolute atomic E-state index is 12.8. The van der Waals surface area contributed by atoms with E-state index in [0.717, 1.165) is 0 Å². The van der Waals surface area contributed by atoms with Gasteiger partial charge in [-0.25, -0.2) is 9.59 Å². The number of carbonyl (C=O) groups excluding carboxylic acids is 3. The zero-order chi connectivity index (χ0) is 22.4. The Bertz CT molecular complexity index is 948. The third-order valence-electron chi connectivity index (χ3n) is 4.50. The highest BCUT2D eigenvalue weighted by Crippen LogP contribution is 2.40. The van der Waals surface area contributed by atoms with Gasteiger partial charge in [0.05, 0.1) is 29.1 Å². The quantitative estimate of drug-likeness (QED) is 0.307. The fourth-order valence-corrected chi connectivity index (χ4v) is 3.12. The molecular formula is C20H22N2O8. The predicted octanol–water partition coefficient (Wildman–Crippen LogP) is 2.46. The van der Waals surface area contributed by atoms with Crippen LogP contribution in [0.15, 0.2) is 46.8 Å². The molecule has 0 fully saturated rings. The smallest absolute Gasteiger partial charge is 0.339 e. The highest BCUT2D eigenvalue weighted by molar-refractivity contribution is 5.99. The zero-order valence-corrected chi connectivity index (χ0v) is 17.0. The minimum Gasteiger partial charge on any atom is -0.466 e. The third kappa shape index (κ3) is 4.83. The molecule has 2 rings (SSSR count). The number of benzene rings is 1. The maximum atomic E-state index is 12.8. The van der Waals surface area contributed by atoms with Crippen molar-refractivity contribution < 1.29 is 33.5 Å². The van der Waals surface area contributed by atoms with Crippen molar-refractivity contribution in [2.45, 2.75) is 33.1 Å². The minimum atomic E-state index is -0.979. The number of nitro benzene ring substituents is 1. The van der Waals surface area contributed by atoms with Gasteiger partial charge in [0.25, 0.3) is 5.69 Å². The van der Waals surface area contributed by atoms with Crippen LogP contribution in [0.3, 0.4) is 0 Å². The summed E-state index contributed by atoms with van der Waals surface area (Å²) in [7, 11) is 1.19. The topological polar surface area (TPSA) is 134 Å². The van der Waals surface area contributed by atoms with Crippen molar-refractivity contribution in [3.63, 3.8) is 0 Å². The number of nitro groups is 1. The van der Waals surface area contributed by atoms with Gasteiger partial charge in [-0.3, -0.25) is 14.9 Å². The molecule has 1 N–H and O–H groups in total. The van der Waals surface area contributed by atoms with E-state index in [1.807, 2.05) is 0 Å². The molecule has 0 bridgehead atoms. The van der Waals surface area contributed by atoms with Crippen LogP contribution >= 0.6 is 0 Å². The van der Waals surface area contributed by atoms with Gasteiger partial charge >= 0.3 is 17.9 Å². The van der Waals surface area contributed by atoms with Crippen LogP contribution in [0, 0.1) is 10.1 Å². The van der Waals surface area contributed by atoms with Gasteiger partial charge in [0, 0.05) is 29.9 Å². The molecule has 1 aliphatic rings. The molecule has 0 saturated heterocycles. The van der Waals surface area contributed by atoms with Gasteiger partial charge in [0.2, 0.25) is 6.79 Å². The Labute approximate surface area is 172 Å². The summed E-state index contributed by atoms with van der Waals surface area (Å²) in [5, 5.41) is 14.2. The first-order valence-electron chi connectivity index (χ1n) is 9.05. The van der Waals surface area contributed by atoms with Gasteiger partial charge in [-0.2, -0.15) is 0 Å². The fourth-order valence-electron chi connectivity index (χ4n) is 3.12. The standard InChI is InChI=1S/C20H22N2O8/c1-5-15(23)29-10-30-20(25)17-12(3)21-11(2)16(19(24)28-4)18(17)13-7-6-8-14(9-13)22(26)27/h6-9,18,21H,5,10H2,1-4H3/t18-/m0/s1. The van der Waals surface area contributed by atoms with Gasteiger partial charge in [0.1, 0.15) is 0 Å². The van der Waals surface area contributed by atoms with Gasteiger partial charge in [-0.15, -0.1) is 0 Å². The number of allylic oxidation sites excluding steroid dienone is 2. The van der Waals surface area contributed by atoms with E-state index in [1.165, 1.54) is 25.3 Å². The summed E-state index contributed by atoms with van der Waals surface area (Å²) in [6, 6.07) is 5.61. The lowest BCUT2D eigenvalue weighted by molar-refractivity contribution is -0.384. The van der Waals surface area contributed by atoms with Gasteiger partial charge < -0.3 is 19.5 Å². The minimum absolute atomic E-state index is 0.0500. The van der Waals surface area contributed by atoms with E-state index >= 15 is 0 Å². The normalized spacial score (nSPS) is 15.9. The van der Waals surface area contributed by atoms with Crippen LogP contribution in [0.5, 0.6) is 0 Å². The molecule has 0 aliphatic carbocycles. The summed E-state index contributed by atoms with van der Waals surface area (Å²) in [5.41, 5.74) is 1.13. The van der Waals surface area contributed by atoms with Crippen molar-refractivity contribution in [3.8, 4) is 0 Å². The number of hydrogen-bond donors (Lipinski definition) is 1. The largest absolute Gasteiger partial charge is 0.466 e. The van der Waals surface area contributed by atoms with Crippen molar-refractivity contribution in [1.29, 1.82) is 0 Å². The van der Waals surface area contributed by atoms with E-state index in [0.29, 0.717) is 17.0 Å². The molecule has 1 atom stereocenters. The molecule has 30 heavy (non-hydrogen) atoms. The first-order valence-corrected chi connectivity index (χ1v) is 9.05. The number of ether oxygens (including phenoxy) is 3. The average molecular weight is 418 g/mol. The lowest BCUT2D eigenvalue weighted by Gasteiger charge is -2.30. The van der Waals surface area contributed by atoms with Crippen LogP contribution in [0.4, 0.5) is 5.69 Å². The highest BCUT2D eigenvalue weighted by Gasteiger charge is 2.38. The molecule has 0 amide bonds. The van der Waals surface area contributed by atoms with Crippen LogP contribution < -0.4 is 5.32 Å². The van der Waals surface area contributed by atoms with Crippen molar-refractivity contribution in [3.05, 3.63) is 62.5 Å². The molecule has 10 nitrogen and oxygen atoms in total. The van der Waals surface area contributed by atoms with E-state index in [9.17, 15) is 24.5 Å². The SMILES string of the molecule is CCC(=O)OCOC(=O)C1=C(C)NC(C)=C(C(=O)OC)[C@@H]1c1cccc([N+](=O)[O-])c1. The van der Waals surface area contributed by atoms with Crippen molar-refractivity contribution in [2.24, 2.45) is 0 Å². The molecule has 1 aliphatic heterocycles. The van der Waals surface area contributed by atoms with Gasteiger partial charge in [-0.1, -0.05) is 19.1 Å². The molecule has 1 heterocycles. The summed E-state index contributed by atoms with van der Waals surface area (Å²) >= 11 is 0. The number of esters is 3. The van der Waals surface area contributed by atoms with Crippen LogP contribution in [0.25, 0.3) is 0 Å². The Kier molecular flexibility index (Phi) is 7.29. The second-order valence-corrected chi connectivity index (χ2v) is 6.40. The number of non-ortho nitro benzene ring substituents is 1. The van der Waals surface area contributed by atoms with Crippen LogP contribution in [0.2, 0.25) is 0 Å². The number of nitrogens with zero attached hydrogens (tertiary/aromatic N) is 1. The second kappa shape index (κ2) is 9.68. The maximum Gasteiger partial charge on any atom is 0.339 e. The van der Waals surface area contributed by atoms with Crippen molar-refractivity contribution in [2.75, 3.05) is 13.9 Å². The Hall–Kier alpha value is -3.69. The zero-order valence-electron chi connectivity index (χ0n) is 17.0. The van der Waals surface area contributed by atoms with E-state index in [-0.39, 0.29) is 23.3 Å². The number of hydrogen-bond acceptors (Lipinski definition) is 9. The number of rotatable bonds is 7. The number of dihydropyridines is 1. The molecular weight excluding hydrogens is 396 g/mol. The summed E-state index contributed by atoms with van der Waals surface area (Å²) < 4.78 is 14.7. The average Bonchev–Trinajstić information content (AvgIpc) is 2.72. The summed E-state index contributed by atoms with van der Waals surface area (Å²) in [4.78, 5) is 47.2. The molecule has 1 aromatic rings. The molecule has 0 aromatic heterocycles. The van der Waals surface area contributed by atoms with Gasteiger partial charge in [0.15, 0.2) is 0 Å². The summed E-state index contributed by atoms with van der Waals surface area (Å²) in [6.45, 7) is 4.23. The number of carbonyl (C=O) groups is 3. The molecule has 1 aromatic carbocycles. The van der Waals surface area contributed by atoms with E-state index in [2.05, 4.69) is 5.32 Å². The van der Waals surface area contributed by atoms with Crippen LogP contribution in [-0.4, -0.2) is 36.7 Å².